The SMILES string of the molecule is CCn1nc(C)cc1CC(Cc1ccc(Cl)cc1Cl)NC. The Balaban J connectivity index is 2.12. The molecule has 1 heterocycles. The van der Waals surface area contributed by atoms with E-state index in [1.54, 1.807) is 6.07 Å². The molecule has 1 unspecified atom stereocenters. The Bertz CT molecular complexity index is 608. The smallest absolute Gasteiger partial charge is 0.0596 e. The van der Waals surface area contributed by atoms with Gasteiger partial charge in [0.25, 0.3) is 0 Å². The lowest BCUT2D eigenvalue weighted by molar-refractivity contribution is 0.520. The van der Waals surface area contributed by atoms with E-state index < -0.39 is 0 Å². The first-order chi connectivity index (χ1) is 10.0. The van der Waals surface area contributed by atoms with Crippen molar-refractivity contribution in [1.29, 1.82) is 0 Å². The molecule has 0 aliphatic carbocycles. The quantitative estimate of drug-likeness (QED) is 0.873. The predicted molar refractivity (Wildman–Crippen MR) is 89.4 cm³/mol. The van der Waals surface area contributed by atoms with Crippen molar-refractivity contribution in [2.75, 3.05) is 7.05 Å². The van der Waals surface area contributed by atoms with Crippen molar-refractivity contribution >= 4 is 23.2 Å². The lowest BCUT2D eigenvalue weighted by Gasteiger charge is -2.17. The van der Waals surface area contributed by atoms with Gasteiger partial charge in [0.1, 0.15) is 0 Å². The largest absolute Gasteiger partial charge is 0.316 e. The van der Waals surface area contributed by atoms with Gasteiger partial charge in [-0.3, -0.25) is 4.68 Å². The molecule has 0 aliphatic rings. The zero-order chi connectivity index (χ0) is 15.4. The summed E-state index contributed by atoms with van der Waals surface area (Å²) in [6.45, 7) is 5.03. The maximum Gasteiger partial charge on any atom is 0.0596 e. The highest BCUT2D eigenvalue weighted by atomic mass is 35.5. The first-order valence-corrected chi connectivity index (χ1v) is 7.93. The molecule has 1 N–H and O–H groups in total. The summed E-state index contributed by atoms with van der Waals surface area (Å²) < 4.78 is 2.06. The molecule has 0 spiro atoms. The maximum absolute atomic E-state index is 6.27. The van der Waals surface area contributed by atoms with E-state index in [1.165, 1.54) is 5.69 Å². The number of nitrogens with one attached hydrogen (secondary N) is 1. The van der Waals surface area contributed by atoms with Crippen molar-refractivity contribution in [3.8, 4) is 0 Å². The molecule has 2 rings (SSSR count). The lowest BCUT2D eigenvalue weighted by atomic mass is 10.0. The molecule has 1 aromatic carbocycles. The van der Waals surface area contributed by atoms with E-state index in [1.807, 2.05) is 26.1 Å². The van der Waals surface area contributed by atoms with Crippen molar-refractivity contribution in [1.82, 2.24) is 15.1 Å². The van der Waals surface area contributed by atoms with Gasteiger partial charge < -0.3 is 5.32 Å². The standard InChI is InChI=1S/C16H21Cl2N3/c1-4-21-15(7-11(2)20-21)10-14(19-3)8-12-5-6-13(17)9-16(12)18/h5-7,9,14,19H,4,8,10H2,1-3H3. The summed E-state index contributed by atoms with van der Waals surface area (Å²) in [6.07, 6.45) is 1.78. The number of nitrogens with zero attached hydrogens (tertiary/aromatic N) is 2. The molecule has 0 amide bonds. The second-order valence-corrected chi connectivity index (χ2v) is 6.07. The number of benzene rings is 1. The van der Waals surface area contributed by atoms with Crippen molar-refractivity contribution in [2.45, 2.75) is 39.3 Å². The van der Waals surface area contributed by atoms with Crippen LogP contribution >= 0.6 is 23.2 Å². The number of aryl methyl sites for hydroxylation is 2. The fraction of sp³-hybridized carbons (Fsp3) is 0.438. The predicted octanol–water partition coefficient (Wildman–Crippen LogP) is 3.89. The van der Waals surface area contributed by atoms with Gasteiger partial charge in [0.15, 0.2) is 0 Å². The molecule has 0 radical (unpaired) electrons. The summed E-state index contributed by atoms with van der Waals surface area (Å²) in [6, 6.07) is 8.14. The topological polar surface area (TPSA) is 29.9 Å². The summed E-state index contributed by atoms with van der Waals surface area (Å²) in [5.74, 6) is 0. The second kappa shape index (κ2) is 7.30. The van der Waals surface area contributed by atoms with Crippen LogP contribution < -0.4 is 5.32 Å². The van der Waals surface area contributed by atoms with Crippen LogP contribution in [0.25, 0.3) is 0 Å². The molecule has 21 heavy (non-hydrogen) atoms. The van der Waals surface area contributed by atoms with Crippen molar-refractivity contribution < 1.29 is 0 Å². The zero-order valence-corrected chi connectivity index (χ0v) is 14.2. The summed E-state index contributed by atoms with van der Waals surface area (Å²) in [4.78, 5) is 0. The monoisotopic (exact) mass is 325 g/mol. The molecule has 0 saturated carbocycles. The van der Waals surface area contributed by atoms with Gasteiger partial charge in [-0.15, -0.1) is 0 Å². The Morgan fingerprint density at radius 3 is 2.62 bits per heavy atom. The fourth-order valence-corrected chi connectivity index (χ4v) is 3.00. The highest BCUT2D eigenvalue weighted by molar-refractivity contribution is 6.35. The van der Waals surface area contributed by atoms with Crippen molar-refractivity contribution in [2.24, 2.45) is 0 Å². The van der Waals surface area contributed by atoms with Crippen LogP contribution in [0.5, 0.6) is 0 Å². The van der Waals surface area contributed by atoms with Crippen LogP contribution in [0.1, 0.15) is 23.9 Å². The molecule has 1 atom stereocenters. The molecule has 2 aromatic rings. The molecule has 0 fully saturated rings. The first-order valence-electron chi connectivity index (χ1n) is 7.18. The second-order valence-electron chi connectivity index (χ2n) is 5.22. The van der Waals surface area contributed by atoms with Crippen LogP contribution in [0, 0.1) is 6.92 Å². The average molecular weight is 326 g/mol. The molecule has 0 saturated heterocycles. The molecule has 5 heteroatoms. The number of rotatable bonds is 6. The summed E-state index contributed by atoms with van der Waals surface area (Å²) in [5.41, 5.74) is 3.42. The number of halogens is 2. The fourth-order valence-electron chi connectivity index (χ4n) is 2.52. The van der Waals surface area contributed by atoms with E-state index in [0.717, 1.165) is 35.7 Å². The molecular weight excluding hydrogens is 305 g/mol. The lowest BCUT2D eigenvalue weighted by Crippen LogP contribution is -2.31. The molecule has 0 bridgehead atoms. The molecule has 3 nitrogen and oxygen atoms in total. The van der Waals surface area contributed by atoms with E-state index in [0.29, 0.717) is 11.1 Å². The third kappa shape index (κ3) is 4.22. The van der Waals surface area contributed by atoms with Crippen LogP contribution in [0.15, 0.2) is 24.3 Å². The average Bonchev–Trinajstić information content (AvgIpc) is 2.80. The number of likely N-dealkylation sites (N-methyl/N-ethyl adjacent to an activating group) is 1. The Hall–Kier alpha value is -1.03. The van der Waals surface area contributed by atoms with Gasteiger partial charge in [0.2, 0.25) is 0 Å². The summed E-state index contributed by atoms with van der Waals surface area (Å²) in [5, 5.41) is 9.26. The number of hydrogen-bond acceptors (Lipinski definition) is 2. The molecule has 114 valence electrons. The Kier molecular flexibility index (Phi) is 5.68. The number of aromatic nitrogens is 2. The maximum atomic E-state index is 6.27. The van der Waals surface area contributed by atoms with E-state index >= 15 is 0 Å². The van der Waals surface area contributed by atoms with E-state index in [4.69, 9.17) is 23.2 Å². The van der Waals surface area contributed by atoms with E-state index in [-0.39, 0.29) is 0 Å². The minimum Gasteiger partial charge on any atom is -0.316 e. The van der Waals surface area contributed by atoms with Crippen molar-refractivity contribution in [3.63, 3.8) is 0 Å². The van der Waals surface area contributed by atoms with Gasteiger partial charge in [-0.1, -0.05) is 29.3 Å². The summed E-state index contributed by atoms with van der Waals surface area (Å²) >= 11 is 12.2. The van der Waals surface area contributed by atoms with Gasteiger partial charge >= 0.3 is 0 Å². The first kappa shape index (κ1) is 16.3. The van der Waals surface area contributed by atoms with Gasteiger partial charge in [-0.25, -0.2) is 0 Å². The van der Waals surface area contributed by atoms with Crippen LogP contribution in [0.2, 0.25) is 10.0 Å². The van der Waals surface area contributed by atoms with Gasteiger partial charge in [0, 0.05) is 34.7 Å². The molecular formula is C16H21Cl2N3. The zero-order valence-electron chi connectivity index (χ0n) is 12.7. The van der Waals surface area contributed by atoms with Crippen molar-refractivity contribution in [3.05, 3.63) is 51.3 Å². The minimum atomic E-state index is 0.310. The van der Waals surface area contributed by atoms with Gasteiger partial charge in [-0.05, 0) is 51.1 Å². The van der Waals surface area contributed by atoms with Gasteiger partial charge in [0.05, 0.1) is 5.69 Å². The summed E-state index contributed by atoms with van der Waals surface area (Å²) in [7, 11) is 1.98. The van der Waals surface area contributed by atoms with Crippen LogP contribution in [0.4, 0.5) is 0 Å². The normalized spacial score (nSPS) is 12.6. The van der Waals surface area contributed by atoms with Crippen LogP contribution in [0.3, 0.4) is 0 Å². The molecule has 1 aromatic heterocycles. The Morgan fingerprint density at radius 1 is 1.24 bits per heavy atom. The van der Waals surface area contributed by atoms with Crippen LogP contribution in [-0.4, -0.2) is 22.9 Å². The third-order valence-corrected chi connectivity index (χ3v) is 4.22. The third-order valence-electron chi connectivity index (χ3n) is 3.63. The molecule has 0 aliphatic heterocycles. The Morgan fingerprint density at radius 2 is 2.00 bits per heavy atom. The highest BCUT2D eigenvalue weighted by Crippen LogP contribution is 2.23. The highest BCUT2D eigenvalue weighted by Gasteiger charge is 2.14. The minimum absolute atomic E-state index is 0.310. The van der Waals surface area contributed by atoms with E-state index in [9.17, 15) is 0 Å². The van der Waals surface area contributed by atoms with Crippen LogP contribution in [-0.2, 0) is 19.4 Å². The van der Waals surface area contributed by atoms with Gasteiger partial charge in [-0.2, -0.15) is 5.10 Å². The number of hydrogen-bond donors (Lipinski definition) is 1. The Labute approximate surface area is 136 Å². The van der Waals surface area contributed by atoms with E-state index in [2.05, 4.69) is 28.1 Å².